The summed E-state index contributed by atoms with van der Waals surface area (Å²) in [6, 6.07) is 9.04. The van der Waals surface area contributed by atoms with E-state index in [1.54, 1.807) is 35.1 Å². The van der Waals surface area contributed by atoms with E-state index in [0.717, 1.165) is 5.56 Å². The molecule has 0 aliphatic heterocycles. The normalized spacial score (nSPS) is 12.2. The minimum absolute atomic E-state index is 0.0956. The molecule has 1 atom stereocenters. The third-order valence-electron chi connectivity index (χ3n) is 3.27. The van der Waals surface area contributed by atoms with Crippen LogP contribution in [0, 0.1) is 0 Å². The van der Waals surface area contributed by atoms with Crippen molar-refractivity contribution in [3.05, 3.63) is 60.2 Å². The Hall–Kier alpha value is -2.89. The smallest absolute Gasteiger partial charge is 0.356 e. The second-order valence-electron chi connectivity index (χ2n) is 4.70. The number of pyridine rings is 2. The highest BCUT2D eigenvalue weighted by Gasteiger charge is 2.20. The molecule has 2 N–H and O–H groups in total. The molecule has 0 amide bonds. The molecule has 0 bridgehead atoms. The molecule has 0 aliphatic carbocycles. The van der Waals surface area contributed by atoms with Gasteiger partial charge in [-0.15, -0.1) is 0 Å². The van der Waals surface area contributed by atoms with Crippen molar-refractivity contribution in [2.45, 2.75) is 13.0 Å². The first-order valence-corrected chi connectivity index (χ1v) is 6.53. The average Bonchev–Trinajstić information content (AvgIpc) is 2.86. The van der Waals surface area contributed by atoms with E-state index in [9.17, 15) is 9.90 Å². The Morgan fingerprint density at radius 2 is 2.19 bits per heavy atom. The topological polar surface area (TPSA) is 79.5 Å². The van der Waals surface area contributed by atoms with Crippen LogP contribution in [0.3, 0.4) is 0 Å². The maximum atomic E-state index is 11.5. The molecule has 0 fully saturated rings. The van der Waals surface area contributed by atoms with E-state index in [4.69, 9.17) is 0 Å². The van der Waals surface area contributed by atoms with Crippen LogP contribution in [0.1, 0.15) is 29.0 Å². The molecule has 6 nitrogen and oxygen atoms in total. The van der Waals surface area contributed by atoms with Gasteiger partial charge in [-0.25, -0.2) is 9.78 Å². The number of anilines is 1. The van der Waals surface area contributed by atoms with Gasteiger partial charge in [0.2, 0.25) is 0 Å². The van der Waals surface area contributed by atoms with Crippen LogP contribution in [0.2, 0.25) is 0 Å². The second-order valence-corrected chi connectivity index (χ2v) is 4.70. The van der Waals surface area contributed by atoms with E-state index in [1.165, 1.54) is 0 Å². The van der Waals surface area contributed by atoms with Gasteiger partial charge in [0, 0.05) is 18.6 Å². The highest BCUT2D eigenvalue weighted by Crippen LogP contribution is 2.22. The van der Waals surface area contributed by atoms with Crippen LogP contribution in [-0.4, -0.2) is 25.4 Å². The van der Waals surface area contributed by atoms with Gasteiger partial charge in [0.25, 0.3) is 0 Å². The second kappa shape index (κ2) is 5.24. The van der Waals surface area contributed by atoms with Gasteiger partial charge in [0.15, 0.2) is 11.5 Å². The number of hydrogen-bond acceptors (Lipinski definition) is 4. The first-order chi connectivity index (χ1) is 10.2. The molecule has 3 rings (SSSR count). The summed E-state index contributed by atoms with van der Waals surface area (Å²) in [4.78, 5) is 19.9. The number of imidazole rings is 1. The molecule has 0 aromatic carbocycles. The van der Waals surface area contributed by atoms with Gasteiger partial charge in [-0.1, -0.05) is 12.1 Å². The van der Waals surface area contributed by atoms with Crippen molar-refractivity contribution in [2.75, 3.05) is 5.32 Å². The summed E-state index contributed by atoms with van der Waals surface area (Å²) in [5, 5.41) is 12.6. The number of nitrogens with one attached hydrogen (secondary N) is 1. The van der Waals surface area contributed by atoms with E-state index in [-0.39, 0.29) is 11.7 Å². The van der Waals surface area contributed by atoms with Crippen molar-refractivity contribution in [3.8, 4) is 0 Å². The van der Waals surface area contributed by atoms with E-state index >= 15 is 0 Å². The van der Waals surface area contributed by atoms with Gasteiger partial charge in [0.1, 0.15) is 5.65 Å². The maximum absolute atomic E-state index is 11.5. The van der Waals surface area contributed by atoms with Crippen molar-refractivity contribution < 1.29 is 9.90 Å². The van der Waals surface area contributed by atoms with Crippen LogP contribution in [0.4, 0.5) is 5.82 Å². The first kappa shape index (κ1) is 13.1. The molecule has 3 heterocycles. The van der Waals surface area contributed by atoms with Crippen molar-refractivity contribution >= 4 is 17.4 Å². The van der Waals surface area contributed by atoms with Crippen molar-refractivity contribution in [2.24, 2.45) is 0 Å². The summed E-state index contributed by atoms with van der Waals surface area (Å²) < 4.78 is 1.56. The molecular weight excluding hydrogens is 268 g/mol. The van der Waals surface area contributed by atoms with Gasteiger partial charge >= 0.3 is 5.97 Å². The van der Waals surface area contributed by atoms with Crippen LogP contribution < -0.4 is 5.32 Å². The zero-order chi connectivity index (χ0) is 14.8. The summed E-state index contributed by atoms with van der Waals surface area (Å²) in [6.45, 7) is 1.94. The molecular formula is C15H14N4O2. The Bertz CT molecular complexity index is 783. The fraction of sp³-hybridized carbons (Fsp3) is 0.133. The van der Waals surface area contributed by atoms with Crippen LogP contribution in [0.15, 0.2) is 48.9 Å². The third kappa shape index (κ3) is 2.43. The first-order valence-electron chi connectivity index (χ1n) is 6.53. The lowest BCUT2D eigenvalue weighted by Gasteiger charge is -2.13. The third-order valence-corrected chi connectivity index (χ3v) is 3.27. The molecule has 0 saturated carbocycles. The van der Waals surface area contributed by atoms with Crippen LogP contribution in [-0.2, 0) is 0 Å². The molecule has 0 saturated heterocycles. The molecule has 106 valence electrons. The van der Waals surface area contributed by atoms with Gasteiger partial charge in [-0.3, -0.25) is 9.38 Å². The van der Waals surface area contributed by atoms with Gasteiger partial charge in [-0.2, -0.15) is 0 Å². The highest BCUT2D eigenvalue weighted by molar-refractivity contribution is 5.93. The quantitative estimate of drug-likeness (QED) is 0.769. The van der Waals surface area contributed by atoms with E-state index in [0.29, 0.717) is 11.5 Å². The van der Waals surface area contributed by atoms with Crippen LogP contribution in [0.5, 0.6) is 0 Å². The van der Waals surface area contributed by atoms with Crippen molar-refractivity contribution in [3.63, 3.8) is 0 Å². The maximum Gasteiger partial charge on any atom is 0.356 e. The summed E-state index contributed by atoms with van der Waals surface area (Å²) in [7, 11) is 0. The number of nitrogens with zero attached hydrogens (tertiary/aromatic N) is 3. The zero-order valence-electron chi connectivity index (χ0n) is 11.4. The van der Waals surface area contributed by atoms with Gasteiger partial charge in [0.05, 0.1) is 6.04 Å². The Balaban J connectivity index is 2.00. The molecule has 0 radical (unpaired) electrons. The number of hydrogen-bond donors (Lipinski definition) is 2. The van der Waals surface area contributed by atoms with Crippen molar-refractivity contribution in [1.82, 2.24) is 14.4 Å². The Morgan fingerprint density at radius 3 is 2.90 bits per heavy atom. The standard InChI is InChI=1S/C15H14N4O2/c1-10(11-5-4-7-16-9-11)17-14-13(15(20)21)19-8-3-2-6-12(19)18-14/h2-10,17H,1H3,(H,20,21). The lowest BCUT2D eigenvalue weighted by Crippen LogP contribution is -2.11. The molecule has 6 heteroatoms. The number of rotatable bonds is 4. The Morgan fingerprint density at radius 1 is 1.33 bits per heavy atom. The summed E-state index contributed by atoms with van der Waals surface area (Å²) in [5.74, 6) is -0.667. The molecule has 1 unspecified atom stereocenters. The monoisotopic (exact) mass is 282 g/mol. The van der Waals surface area contributed by atoms with Crippen molar-refractivity contribution in [1.29, 1.82) is 0 Å². The number of aromatic nitrogens is 3. The van der Waals surface area contributed by atoms with E-state index in [2.05, 4.69) is 15.3 Å². The van der Waals surface area contributed by atoms with Gasteiger partial charge < -0.3 is 10.4 Å². The fourth-order valence-electron chi connectivity index (χ4n) is 2.22. The van der Waals surface area contributed by atoms with Crippen LogP contribution in [0.25, 0.3) is 5.65 Å². The fourth-order valence-corrected chi connectivity index (χ4v) is 2.22. The largest absolute Gasteiger partial charge is 0.476 e. The molecule has 0 spiro atoms. The van der Waals surface area contributed by atoms with E-state index in [1.807, 2.05) is 25.1 Å². The Labute approximate surface area is 121 Å². The lowest BCUT2D eigenvalue weighted by atomic mass is 10.1. The summed E-state index contributed by atoms with van der Waals surface area (Å²) in [5.41, 5.74) is 1.68. The lowest BCUT2D eigenvalue weighted by molar-refractivity contribution is 0.0690. The molecule has 3 aromatic heterocycles. The highest BCUT2D eigenvalue weighted by atomic mass is 16.4. The predicted octanol–water partition coefficient (Wildman–Crippen LogP) is 2.60. The minimum atomic E-state index is -1.02. The number of carbonyl (C=O) groups is 1. The number of carboxylic acid groups (broad SMARTS) is 1. The number of aromatic carboxylic acids is 1. The zero-order valence-corrected chi connectivity index (χ0v) is 11.4. The number of carboxylic acids is 1. The minimum Gasteiger partial charge on any atom is -0.476 e. The number of fused-ring (bicyclic) bond motifs is 1. The summed E-state index contributed by atoms with van der Waals surface area (Å²) in [6.07, 6.45) is 5.13. The Kier molecular flexibility index (Phi) is 3.27. The molecule has 0 aliphatic rings. The van der Waals surface area contributed by atoms with Gasteiger partial charge in [-0.05, 0) is 30.7 Å². The SMILES string of the molecule is CC(Nc1nc2ccccn2c1C(=O)O)c1cccnc1. The predicted molar refractivity (Wildman–Crippen MR) is 78.4 cm³/mol. The average molecular weight is 282 g/mol. The molecule has 3 aromatic rings. The van der Waals surface area contributed by atoms with Crippen LogP contribution >= 0.6 is 0 Å². The molecule has 21 heavy (non-hydrogen) atoms. The van der Waals surface area contributed by atoms with E-state index < -0.39 is 5.97 Å². The summed E-state index contributed by atoms with van der Waals surface area (Å²) >= 11 is 0.